The largest absolute Gasteiger partial charge is 0.493 e. The third-order valence-electron chi connectivity index (χ3n) is 6.33. The highest BCUT2D eigenvalue weighted by Crippen LogP contribution is 2.37. The molecule has 6 nitrogen and oxygen atoms in total. The smallest absolute Gasteiger partial charge is 0.410 e. The molecule has 1 aliphatic rings. The number of nitrogens with zero attached hydrogens (tertiary/aromatic N) is 1. The molecule has 3 aromatic rings. The van der Waals surface area contributed by atoms with Gasteiger partial charge in [0.05, 0.1) is 13.0 Å². The number of carboxylic acids is 1. The van der Waals surface area contributed by atoms with E-state index in [0.717, 1.165) is 33.6 Å². The van der Waals surface area contributed by atoms with E-state index >= 15 is 0 Å². The fourth-order valence-corrected chi connectivity index (χ4v) is 4.13. The maximum Gasteiger partial charge on any atom is 0.410 e. The molecular weight excluding hydrogens is 454 g/mol. The predicted octanol–water partition coefficient (Wildman–Crippen LogP) is 6.24. The number of amides is 1. The van der Waals surface area contributed by atoms with Gasteiger partial charge in [0.2, 0.25) is 0 Å². The molecule has 3 aromatic carbocycles. The average molecular weight is 488 g/mol. The molecule has 0 unspecified atom stereocenters. The summed E-state index contributed by atoms with van der Waals surface area (Å²) in [6, 6.07) is 21.3. The van der Waals surface area contributed by atoms with Crippen molar-refractivity contribution in [3.8, 4) is 16.9 Å². The van der Waals surface area contributed by atoms with Gasteiger partial charge in [-0.05, 0) is 67.0 Å². The molecule has 1 saturated carbocycles. The summed E-state index contributed by atoms with van der Waals surface area (Å²) in [6.07, 6.45) is 1.92. The lowest BCUT2D eigenvalue weighted by Crippen LogP contribution is -2.31. The molecule has 0 bridgehead atoms. The molecule has 0 aliphatic heterocycles. The summed E-state index contributed by atoms with van der Waals surface area (Å²) < 4.78 is 11.8. The van der Waals surface area contributed by atoms with Crippen molar-refractivity contribution in [3.63, 3.8) is 0 Å². The van der Waals surface area contributed by atoms with Gasteiger partial charge in [-0.1, -0.05) is 60.2 Å². The molecule has 36 heavy (non-hydrogen) atoms. The van der Waals surface area contributed by atoms with Crippen LogP contribution < -0.4 is 4.74 Å². The molecule has 1 fully saturated rings. The number of aryl methyl sites for hydroxylation is 1. The zero-order valence-electron chi connectivity index (χ0n) is 20.9. The van der Waals surface area contributed by atoms with Gasteiger partial charge in [-0.3, -0.25) is 4.79 Å². The van der Waals surface area contributed by atoms with E-state index in [9.17, 15) is 14.7 Å². The summed E-state index contributed by atoms with van der Waals surface area (Å²) in [7, 11) is 0. The van der Waals surface area contributed by atoms with E-state index in [1.807, 2.05) is 74.5 Å². The summed E-state index contributed by atoms with van der Waals surface area (Å²) in [5.41, 5.74) is 5.44. The van der Waals surface area contributed by atoms with Gasteiger partial charge < -0.3 is 19.5 Å². The molecule has 188 valence electrons. The lowest BCUT2D eigenvalue weighted by molar-refractivity contribution is -0.136. The molecule has 4 rings (SSSR count). The Morgan fingerprint density at radius 1 is 0.972 bits per heavy atom. The van der Waals surface area contributed by atoms with E-state index in [2.05, 4.69) is 6.07 Å². The van der Waals surface area contributed by atoms with E-state index in [1.165, 1.54) is 12.8 Å². The number of carbonyl (C=O) groups is 2. The van der Waals surface area contributed by atoms with Crippen molar-refractivity contribution in [2.75, 3.05) is 13.2 Å². The number of hydrogen-bond donors (Lipinski definition) is 1. The van der Waals surface area contributed by atoms with Crippen LogP contribution in [-0.2, 0) is 29.1 Å². The highest BCUT2D eigenvalue weighted by atomic mass is 16.6. The molecule has 1 N–H and O–H groups in total. The monoisotopic (exact) mass is 487 g/mol. The highest BCUT2D eigenvalue weighted by Gasteiger charge is 2.23. The second-order valence-corrected chi connectivity index (χ2v) is 9.37. The predicted molar refractivity (Wildman–Crippen MR) is 139 cm³/mol. The standard InChI is InChI=1S/C30H33NO5/c1-3-31(30(34)36-20-22-7-5-4-6-8-22)18-25-15-21(2)9-13-26(25)27-16-24(17-29(32)33)12-14-28(27)35-19-23-10-11-23/h4-9,12-16,23H,3,10-11,17-20H2,1-2H3,(H,32,33). The van der Waals surface area contributed by atoms with Crippen molar-refractivity contribution in [1.29, 1.82) is 0 Å². The summed E-state index contributed by atoms with van der Waals surface area (Å²) in [5.74, 6) is 0.440. The second-order valence-electron chi connectivity index (χ2n) is 9.37. The normalized spacial score (nSPS) is 12.7. The first-order valence-electron chi connectivity index (χ1n) is 12.5. The van der Waals surface area contributed by atoms with Crippen molar-refractivity contribution in [2.24, 2.45) is 5.92 Å². The van der Waals surface area contributed by atoms with Crippen molar-refractivity contribution < 1.29 is 24.2 Å². The highest BCUT2D eigenvalue weighted by molar-refractivity contribution is 5.77. The zero-order valence-corrected chi connectivity index (χ0v) is 20.9. The van der Waals surface area contributed by atoms with Crippen LogP contribution in [0.25, 0.3) is 11.1 Å². The van der Waals surface area contributed by atoms with Crippen LogP contribution in [0.15, 0.2) is 66.7 Å². The minimum absolute atomic E-state index is 0.0655. The van der Waals surface area contributed by atoms with Crippen LogP contribution in [0.1, 0.15) is 42.0 Å². The third kappa shape index (κ3) is 6.87. The van der Waals surface area contributed by atoms with Crippen LogP contribution in [0.4, 0.5) is 4.79 Å². The fraction of sp³-hybridized carbons (Fsp3) is 0.333. The first-order valence-corrected chi connectivity index (χ1v) is 12.5. The number of hydrogen-bond acceptors (Lipinski definition) is 4. The first-order chi connectivity index (χ1) is 17.4. The molecular formula is C30H33NO5. The Morgan fingerprint density at radius 3 is 2.44 bits per heavy atom. The zero-order chi connectivity index (χ0) is 25.5. The molecule has 0 atom stereocenters. The molecule has 1 amide bonds. The second kappa shape index (κ2) is 11.8. The van der Waals surface area contributed by atoms with Crippen molar-refractivity contribution >= 4 is 12.1 Å². The van der Waals surface area contributed by atoms with Gasteiger partial charge in [-0.2, -0.15) is 0 Å². The lowest BCUT2D eigenvalue weighted by atomic mass is 9.94. The number of carboxylic acid groups (broad SMARTS) is 1. The van der Waals surface area contributed by atoms with E-state index in [4.69, 9.17) is 9.47 Å². The van der Waals surface area contributed by atoms with Gasteiger partial charge in [0.15, 0.2) is 0 Å². The van der Waals surface area contributed by atoms with Gasteiger partial charge >= 0.3 is 12.1 Å². The molecule has 0 radical (unpaired) electrons. The van der Waals surface area contributed by atoms with Crippen LogP contribution >= 0.6 is 0 Å². The lowest BCUT2D eigenvalue weighted by Gasteiger charge is -2.23. The Morgan fingerprint density at radius 2 is 1.75 bits per heavy atom. The molecule has 0 heterocycles. The van der Waals surface area contributed by atoms with Gasteiger partial charge in [0, 0.05) is 18.7 Å². The summed E-state index contributed by atoms with van der Waals surface area (Å²) >= 11 is 0. The van der Waals surface area contributed by atoms with Gasteiger partial charge in [0.1, 0.15) is 12.4 Å². The van der Waals surface area contributed by atoms with Crippen molar-refractivity contribution in [1.82, 2.24) is 4.90 Å². The number of benzene rings is 3. The van der Waals surface area contributed by atoms with E-state index in [0.29, 0.717) is 31.2 Å². The van der Waals surface area contributed by atoms with E-state index < -0.39 is 5.97 Å². The van der Waals surface area contributed by atoms with Crippen LogP contribution in [0.3, 0.4) is 0 Å². The topological polar surface area (TPSA) is 76.1 Å². The number of ether oxygens (including phenoxy) is 2. The third-order valence-corrected chi connectivity index (χ3v) is 6.33. The Balaban J connectivity index is 1.61. The fourth-order valence-electron chi connectivity index (χ4n) is 4.13. The van der Waals surface area contributed by atoms with Crippen LogP contribution in [-0.4, -0.2) is 35.2 Å². The Kier molecular flexibility index (Phi) is 8.26. The minimum Gasteiger partial charge on any atom is -0.493 e. The number of aliphatic carboxylic acids is 1. The maximum atomic E-state index is 12.9. The van der Waals surface area contributed by atoms with Crippen LogP contribution in [0.5, 0.6) is 5.75 Å². The molecule has 0 aromatic heterocycles. The van der Waals surface area contributed by atoms with Crippen molar-refractivity contribution in [2.45, 2.75) is 46.3 Å². The molecule has 1 aliphatic carbocycles. The van der Waals surface area contributed by atoms with E-state index in [-0.39, 0.29) is 19.1 Å². The van der Waals surface area contributed by atoms with Gasteiger partial charge in [-0.25, -0.2) is 4.79 Å². The number of rotatable bonds is 11. The minimum atomic E-state index is -0.880. The molecule has 0 saturated heterocycles. The Labute approximate surface area is 212 Å². The van der Waals surface area contributed by atoms with Gasteiger partial charge in [0.25, 0.3) is 0 Å². The Bertz CT molecular complexity index is 1200. The summed E-state index contributed by atoms with van der Waals surface area (Å²) in [4.78, 5) is 26.0. The van der Waals surface area contributed by atoms with Gasteiger partial charge in [-0.15, -0.1) is 0 Å². The average Bonchev–Trinajstić information content (AvgIpc) is 3.70. The SMILES string of the molecule is CCN(Cc1cc(C)ccc1-c1cc(CC(=O)O)ccc1OCC1CC1)C(=O)OCc1ccccc1. The number of carbonyl (C=O) groups excluding carboxylic acids is 1. The van der Waals surface area contributed by atoms with Crippen LogP contribution in [0, 0.1) is 12.8 Å². The van der Waals surface area contributed by atoms with Crippen LogP contribution in [0.2, 0.25) is 0 Å². The van der Waals surface area contributed by atoms with Crippen molar-refractivity contribution in [3.05, 3.63) is 89.0 Å². The maximum absolute atomic E-state index is 12.9. The quantitative estimate of drug-likeness (QED) is 0.347. The first kappa shape index (κ1) is 25.3. The van der Waals surface area contributed by atoms with E-state index in [1.54, 1.807) is 4.90 Å². The molecule has 6 heteroatoms. The Hall–Kier alpha value is -3.80. The summed E-state index contributed by atoms with van der Waals surface area (Å²) in [6.45, 7) is 5.67. The summed E-state index contributed by atoms with van der Waals surface area (Å²) in [5, 5.41) is 9.33. The molecule has 0 spiro atoms.